The Bertz CT molecular complexity index is 1940. The molecule has 6 unspecified atom stereocenters. The van der Waals surface area contributed by atoms with Crippen LogP contribution in [-0.2, 0) is 19.2 Å². The first-order valence-corrected chi connectivity index (χ1v) is 16.3. The molecule has 240 valence electrons. The maximum atomic E-state index is 14.5. The van der Waals surface area contributed by atoms with Crippen LogP contribution in [0.15, 0.2) is 83.4 Å². The van der Waals surface area contributed by atoms with E-state index < -0.39 is 62.9 Å². The molecule has 1 saturated carbocycles. The summed E-state index contributed by atoms with van der Waals surface area (Å²) in [5.41, 5.74) is 1.90. The Morgan fingerprint density at radius 2 is 1.60 bits per heavy atom. The molecule has 4 amide bonds. The Labute approximate surface area is 287 Å². The number of rotatable bonds is 5. The molecule has 8 nitrogen and oxygen atoms in total. The maximum absolute atomic E-state index is 14.5. The number of alkyl halides is 2. The monoisotopic (exact) mass is 738 g/mol. The van der Waals surface area contributed by atoms with E-state index in [0.717, 1.165) is 27.5 Å². The molecular weight excluding hydrogens is 714 g/mol. The van der Waals surface area contributed by atoms with Crippen LogP contribution in [0.25, 0.3) is 6.08 Å². The van der Waals surface area contributed by atoms with E-state index >= 15 is 0 Å². The van der Waals surface area contributed by atoms with Gasteiger partial charge in [0.25, 0.3) is 11.8 Å². The largest absolute Gasteiger partial charge is 0.504 e. The lowest BCUT2D eigenvalue weighted by Gasteiger charge is -2.50. The average Bonchev–Trinajstić information content (AvgIpc) is 3.40. The van der Waals surface area contributed by atoms with Crippen molar-refractivity contribution in [2.45, 2.75) is 28.5 Å². The van der Waals surface area contributed by atoms with Gasteiger partial charge in [-0.15, -0.1) is 23.2 Å². The highest BCUT2D eigenvalue weighted by Crippen LogP contribution is 2.67. The van der Waals surface area contributed by atoms with Gasteiger partial charge in [0, 0.05) is 16.0 Å². The topological polar surface area (TPSA) is 104 Å². The first-order chi connectivity index (χ1) is 22.4. The SMILES string of the molecule is C=Cc1ccc(N2C(=O)C3CC=C4C(CC5(Cl)C(=O)N(c6ccc(F)cc6)C(=O)C5(Cl)C4c4cc(Br)cc(OC)c4O)C3C2=O)cc1. The van der Waals surface area contributed by atoms with Gasteiger partial charge in [0.15, 0.2) is 21.2 Å². The van der Waals surface area contributed by atoms with Crippen LogP contribution in [0.5, 0.6) is 11.5 Å². The molecule has 3 aromatic carbocycles. The van der Waals surface area contributed by atoms with Crippen molar-refractivity contribution in [2.75, 3.05) is 16.9 Å². The van der Waals surface area contributed by atoms with E-state index in [9.17, 15) is 28.7 Å². The van der Waals surface area contributed by atoms with Crippen molar-refractivity contribution < 1.29 is 33.4 Å². The summed E-state index contributed by atoms with van der Waals surface area (Å²) >= 11 is 18.2. The number of imide groups is 2. The van der Waals surface area contributed by atoms with E-state index in [-0.39, 0.29) is 35.6 Å². The predicted molar refractivity (Wildman–Crippen MR) is 178 cm³/mol. The second kappa shape index (κ2) is 11.0. The molecule has 2 saturated heterocycles. The Hall–Kier alpha value is -3.99. The quantitative estimate of drug-likeness (QED) is 0.177. The summed E-state index contributed by atoms with van der Waals surface area (Å²) in [5, 5.41) is 11.5. The van der Waals surface area contributed by atoms with Gasteiger partial charge in [-0.2, -0.15) is 0 Å². The van der Waals surface area contributed by atoms with E-state index in [1.54, 1.807) is 42.5 Å². The molecule has 2 aliphatic carbocycles. The fraction of sp³-hybridized carbons (Fsp3) is 0.257. The molecule has 3 fully saturated rings. The highest BCUT2D eigenvalue weighted by molar-refractivity contribution is 9.10. The van der Waals surface area contributed by atoms with Crippen LogP contribution < -0.4 is 14.5 Å². The van der Waals surface area contributed by atoms with Gasteiger partial charge in [0.05, 0.1) is 30.3 Å². The lowest BCUT2D eigenvalue weighted by atomic mass is 9.56. The zero-order valence-corrected chi connectivity index (χ0v) is 27.9. The van der Waals surface area contributed by atoms with Gasteiger partial charge < -0.3 is 9.84 Å². The van der Waals surface area contributed by atoms with Gasteiger partial charge in [0.2, 0.25) is 11.8 Å². The van der Waals surface area contributed by atoms with Crippen molar-refractivity contribution >= 4 is 80.2 Å². The number of allylic oxidation sites excluding steroid dienone is 2. The number of phenols is 1. The highest BCUT2D eigenvalue weighted by Gasteiger charge is 2.77. The van der Waals surface area contributed by atoms with Crippen LogP contribution in [0.2, 0.25) is 0 Å². The van der Waals surface area contributed by atoms with Gasteiger partial charge >= 0.3 is 0 Å². The van der Waals surface area contributed by atoms with Gasteiger partial charge in [-0.25, -0.2) is 9.29 Å². The molecule has 3 aromatic rings. The number of anilines is 2. The normalized spacial score (nSPS) is 29.8. The van der Waals surface area contributed by atoms with Gasteiger partial charge in [-0.1, -0.05) is 52.4 Å². The molecule has 0 spiro atoms. The number of fused-ring (bicyclic) bond motifs is 4. The van der Waals surface area contributed by atoms with Crippen LogP contribution in [0, 0.1) is 23.6 Å². The molecule has 6 atom stereocenters. The Balaban J connectivity index is 1.42. The fourth-order valence-electron chi connectivity index (χ4n) is 7.73. The van der Waals surface area contributed by atoms with Crippen molar-refractivity contribution in [2.24, 2.45) is 17.8 Å². The number of halogens is 4. The third-order valence-electron chi connectivity index (χ3n) is 9.88. The lowest BCUT2D eigenvalue weighted by Crippen LogP contribution is -2.60. The van der Waals surface area contributed by atoms with Crippen molar-refractivity contribution in [3.63, 3.8) is 0 Å². The summed E-state index contributed by atoms with van der Waals surface area (Å²) in [7, 11) is 1.36. The van der Waals surface area contributed by atoms with Crippen molar-refractivity contribution in [3.8, 4) is 11.5 Å². The summed E-state index contributed by atoms with van der Waals surface area (Å²) in [6, 6.07) is 14.7. The first-order valence-electron chi connectivity index (χ1n) is 14.8. The number of nitrogens with zero attached hydrogens (tertiary/aromatic N) is 2. The summed E-state index contributed by atoms with van der Waals surface area (Å²) in [6.45, 7) is 3.75. The highest BCUT2D eigenvalue weighted by atomic mass is 79.9. The molecule has 7 rings (SSSR count). The number of aromatic hydroxyl groups is 1. The van der Waals surface area contributed by atoms with Crippen LogP contribution in [0.4, 0.5) is 15.8 Å². The minimum Gasteiger partial charge on any atom is -0.504 e. The van der Waals surface area contributed by atoms with E-state index in [1.165, 1.54) is 25.3 Å². The number of benzene rings is 3. The van der Waals surface area contributed by atoms with Crippen molar-refractivity contribution in [3.05, 3.63) is 100 Å². The first kappa shape index (κ1) is 31.6. The molecule has 0 bridgehead atoms. The smallest absolute Gasteiger partial charge is 0.258 e. The molecule has 2 aliphatic heterocycles. The zero-order chi connectivity index (χ0) is 33.6. The number of hydrogen-bond donors (Lipinski definition) is 1. The van der Waals surface area contributed by atoms with Crippen molar-refractivity contribution in [1.29, 1.82) is 0 Å². The van der Waals surface area contributed by atoms with Crippen molar-refractivity contribution in [1.82, 2.24) is 0 Å². The summed E-state index contributed by atoms with van der Waals surface area (Å²) in [5.74, 6) is -7.16. The second-order valence-corrected chi connectivity index (χ2v) is 14.3. The van der Waals surface area contributed by atoms with Gasteiger partial charge in [-0.3, -0.25) is 24.1 Å². The molecule has 0 aromatic heterocycles. The molecule has 12 heteroatoms. The summed E-state index contributed by atoms with van der Waals surface area (Å²) in [4.78, 5) is 54.7. The van der Waals surface area contributed by atoms with E-state index in [0.29, 0.717) is 15.7 Å². The zero-order valence-electron chi connectivity index (χ0n) is 24.8. The Kier molecular flexibility index (Phi) is 7.42. The number of carbonyl (C=O) groups is 4. The van der Waals surface area contributed by atoms with E-state index in [4.69, 9.17) is 27.9 Å². The molecule has 4 aliphatic rings. The number of amides is 4. The van der Waals surface area contributed by atoms with Gasteiger partial charge in [-0.05, 0) is 72.9 Å². The van der Waals surface area contributed by atoms with E-state index in [2.05, 4.69) is 22.5 Å². The number of phenolic OH excluding ortho intramolecular Hbond substituents is 1. The summed E-state index contributed by atoms with van der Waals surface area (Å²) in [6.07, 6.45) is 3.32. The Morgan fingerprint density at radius 1 is 0.957 bits per heavy atom. The minimum atomic E-state index is -2.20. The van der Waals surface area contributed by atoms with Crippen LogP contribution in [0.1, 0.15) is 29.9 Å². The molecule has 1 N–H and O–H groups in total. The molecule has 47 heavy (non-hydrogen) atoms. The third kappa shape index (κ3) is 4.30. The minimum absolute atomic E-state index is 0.0572. The van der Waals surface area contributed by atoms with E-state index in [1.807, 2.05) is 0 Å². The van der Waals surface area contributed by atoms with Gasteiger partial charge in [0.1, 0.15) is 5.82 Å². The maximum Gasteiger partial charge on any atom is 0.258 e. The number of ether oxygens (including phenoxy) is 1. The predicted octanol–water partition coefficient (Wildman–Crippen LogP) is 6.71. The third-order valence-corrected chi connectivity index (χ3v) is 11.8. The standard InChI is InChI=1S/C35H26BrCl2FN2O6/c1-3-17-4-8-20(9-5-17)40-30(43)23-13-12-22-25(27(23)31(40)44)16-34(37)32(45)41(21-10-6-19(39)7-11-21)33(46)35(34,38)28(22)24-14-18(36)15-26(47-2)29(24)42/h3-12,14-15,23,25,27-28,42H,1,13,16H2,2H3. The number of methoxy groups -OCH3 is 1. The van der Waals surface area contributed by atoms with Crippen LogP contribution >= 0.6 is 39.1 Å². The number of carbonyl (C=O) groups excluding carboxylic acids is 4. The Morgan fingerprint density at radius 3 is 2.23 bits per heavy atom. The molecule has 0 radical (unpaired) electrons. The average molecular weight is 740 g/mol. The fourth-order valence-corrected chi connectivity index (χ4v) is 9.11. The lowest BCUT2D eigenvalue weighted by molar-refractivity contribution is -0.125. The molecular formula is C35H26BrCl2FN2O6. The molecule has 2 heterocycles. The second-order valence-electron chi connectivity index (χ2n) is 12.1. The van der Waals surface area contributed by atoms with Crippen LogP contribution in [0.3, 0.4) is 0 Å². The summed E-state index contributed by atoms with van der Waals surface area (Å²) < 4.78 is 19.8. The number of hydrogen-bond acceptors (Lipinski definition) is 6. The van der Waals surface area contributed by atoms with Crippen LogP contribution in [-0.4, -0.2) is 45.6 Å².